The van der Waals surface area contributed by atoms with E-state index in [0.29, 0.717) is 22.1 Å². The summed E-state index contributed by atoms with van der Waals surface area (Å²) in [5, 5.41) is 21.9. The van der Waals surface area contributed by atoms with Crippen LogP contribution in [0.3, 0.4) is 0 Å². The summed E-state index contributed by atoms with van der Waals surface area (Å²) in [5.41, 5.74) is 0.669. The van der Waals surface area contributed by atoms with Gasteiger partial charge in [0.05, 0.1) is 16.3 Å². The Labute approximate surface area is 165 Å². The molecule has 3 atom stereocenters. The van der Waals surface area contributed by atoms with Gasteiger partial charge in [0.1, 0.15) is 5.37 Å². The van der Waals surface area contributed by atoms with Crippen molar-refractivity contribution in [3.05, 3.63) is 40.3 Å². The summed E-state index contributed by atoms with van der Waals surface area (Å²) in [6, 6.07) is 9.09. The van der Waals surface area contributed by atoms with E-state index in [4.69, 9.17) is 0 Å². The van der Waals surface area contributed by atoms with Crippen molar-refractivity contribution in [2.45, 2.75) is 31.2 Å². The summed E-state index contributed by atoms with van der Waals surface area (Å²) in [6.07, 6.45) is -0.121. The standard InChI is InChI=1S/C18H20N2O5S2/c1-2-11(21)13-15(23)20-14(17(24)25)18(27-16(13)20)26-9-8-12(22)19-10-6-4-3-5-7-10/h3-7,11,13,16,21H,2,8-9H2,1H3,(H,19,22)(H,24,25)/t11-,13+,16+/m0/s1. The number of hydrogen-bond acceptors (Lipinski definition) is 6. The number of carbonyl (C=O) groups is 3. The molecule has 2 aliphatic heterocycles. The van der Waals surface area contributed by atoms with Crippen LogP contribution in [-0.4, -0.2) is 50.1 Å². The molecule has 0 saturated carbocycles. The summed E-state index contributed by atoms with van der Waals surface area (Å²) in [6.45, 7) is 1.78. The number of carboxylic acid groups (broad SMARTS) is 1. The predicted octanol–water partition coefficient (Wildman–Crippen LogP) is 2.30. The van der Waals surface area contributed by atoms with Gasteiger partial charge < -0.3 is 15.5 Å². The van der Waals surface area contributed by atoms with Crippen molar-refractivity contribution in [2.24, 2.45) is 5.92 Å². The molecule has 0 aliphatic carbocycles. The number of anilines is 1. The lowest BCUT2D eigenvalue weighted by molar-refractivity contribution is -0.157. The second-order valence-corrected chi connectivity index (χ2v) is 8.66. The zero-order valence-electron chi connectivity index (χ0n) is 14.6. The molecule has 3 rings (SSSR count). The highest BCUT2D eigenvalue weighted by Crippen LogP contribution is 2.54. The van der Waals surface area contributed by atoms with Gasteiger partial charge in [0, 0.05) is 17.9 Å². The number of carbonyl (C=O) groups excluding carboxylic acids is 2. The van der Waals surface area contributed by atoms with Crippen LogP contribution in [0.5, 0.6) is 0 Å². The Bertz CT molecular complexity index is 783. The number of thioether (sulfide) groups is 2. The summed E-state index contributed by atoms with van der Waals surface area (Å²) >= 11 is 2.54. The fourth-order valence-electron chi connectivity index (χ4n) is 3.00. The number of hydrogen-bond donors (Lipinski definition) is 3. The Hall–Kier alpha value is -1.97. The largest absolute Gasteiger partial charge is 0.477 e. The number of nitrogens with one attached hydrogen (secondary N) is 1. The monoisotopic (exact) mass is 408 g/mol. The number of para-hydroxylation sites is 1. The first kappa shape index (κ1) is 19.8. The molecule has 27 heavy (non-hydrogen) atoms. The molecule has 1 aromatic rings. The zero-order chi connectivity index (χ0) is 19.6. The van der Waals surface area contributed by atoms with Crippen LogP contribution < -0.4 is 5.32 Å². The third-order valence-electron chi connectivity index (χ3n) is 4.40. The number of aliphatic hydroxyl groups is 1. The molecule has 0 radical (unpaired) electrons. The number of benzene rings is 1. The van der Waals surface area contributed by atoms with Gasteiger partial charge in [0.2, 0.25) is 11.8 Å². The van der Waals surface area contributed by atoms with Gasteiger partial charge in [-0.15, -0.1) is 11.8 Å². The Morgan fingerprint density at radius 3 is 2.67 bits per heavy atom. The first-order valence-corrected chi connectivity index (χ1v) is 10.4. The molecule has 2 heterocycles. The van der Waals surface area contributed by atoms with Crippen LogP contribution >= 0.6 is 23.5 Å². The van der Waals surface area contributed by atoms with Crippen molar-refractivity contribution in [3.8, 4) is 0 Å². The average Bonchev–Trinajstić information content (AvgIpc) is 2.97. The van der Waals surface area contributed by atoms with E-state index >= 15 is 0 Å². The lowest BCUT2D eigenvalue weighted by Crippen LogP contribution is -2.61. The quantitative estimate of drug-likeness (QED) is 0.567. The molecule has 144 valence electrons. The maximum atomic E-state index is 12.3. The molecule has 2 amide bonds. The smallest absolute Gasteiger partial charge is 0.354 e. The number of carboxylic acids is 1. The van der Waals surface area contributed by atoms with E-state index in [2.05, 4.69) is 5.32 Å². The number of aliphatic carboxylic acids is 1. The van der Waals surface area contributed by atoms with Gasteiger partial charge in [-0.25, -0.2) is 4.79 Å². The van der Waals surface area contributed by atoms with Gasteiger partial charge in [-0.1, -0.05) is 36.9 Å². The lowest BCUT2D eigenvalue weighted by atomic mass is 9.90. The minimum atomic E-state index is -1.17. The highest BCUT2D eigenvalue weighted by Gasteiger charge is 2.58. The molecule has 0 spiro atoms. The number of rotatable bonds is 8. The molecular formula is C18H20N2O5S2. The maximum absolute atomic E-state index is 12.3. The second kappa shape index (κ2) is 8.37. The van der Waals surface area contributed by atoms with Crippen LogP contribution in [0.25, 0.3) is 0 Å². The molecule has 0 unspecified atom stereocenters. The molecule has 1 aromatic carbocycles. The topological polar surface area (TPSA) is 107 Å². The summed E-state index contributed by atoms with van der Waals surface area (Å²) in [7, 11) is 0. The number of fused-ring (bicyclic) bond motifs is 1. The Morgan fingerprint density at radius 1 is 1.33 bits per heavy atom. The third kappa shape index (κ3) is 3.99. The zero-order valence-corrected chi connectivity index (χ0v) is 16.3. The van der Waals surface area contributed by atoms with Crippen LogP contribution in [0.4, 0.5) is 5.69 Å². The van der Waals surface area contributed by atoms with E-state index in [0.717, 1.165) is 0 Å². The van der Waals surface area contributed by atoms with Gasteiger partial charge in [0.25, 0.3) is 0 Å². The molecule has 7 nitrogen and oxygen atoms in total. The van der Waals surface area contributed by atoms with E-state index in [1.54, 1.807) is 19.1 Å². The van der Waals surface area contributed by atoms with Gasteiger partial charge in [-0.2, -0.15) is 0 Å². The number of β-lactam (4-membered cyclic amide) rings is 1. The Balaban J connectivity index is 1.58. The molecule has 0 bridgehead atoms. The predicted molar refractivity (Wildman–Crippen MR) is 105 cm³/mol. The van der Waals surface area contributed by atoms with Crippen LogP contribution in [0.15, 0.2) is 40.3 Å². The minimum absolute atomic E-state index is 0.0389. The summed E-state index contributed by atoms with van der Waals surface area (Å²) in [5.74, 6) is -1.86. The highest BCUT2D eigenvalue weighted by molar-refractivity contribution is 8.22. The van der Waals surface area contributed by atoms with Crippen molar-refractivity contribution in [1.82, 2.24) is 4.90 Å². The molecular weight excluding hydrogens is 388 g/mol. The van der Waals surface area contributed by atoms with Crippen molar-refractivity contribution < 1.29 is 24.6 Å². The fraction of sp³-hybridized carbons (Fsp3) is 0.389. The number of nitrogens with zero attached hydrogens (tertiary/aromatic N) is 1. The third-order valence-corrected chi connectivity index (χ3v) is 7.06. The van der Waals surface area contributed by atoms with Crippen LogP contribution in [0.2, 0.25) is 0 Å². The molecule has 9 heteroatoms. The van der Waals surface area contributed by atoms with Crippen molar-refractivity contribution in [2.75, 3.05) is 11.1 Å². The van der Waals surface area contributed by atoms with E-state index in [9.17, 15) is 24.6 Å². The van der Waals surface area contributed by atoms with Crippen molar-refractivity contribution in [3.63, 3.8) is 0 Å². The van der Waals surface area contributed by atoms with E-state index in [-0.39, 0.29) is 29.3 Å². The Kier molecular flexibility index (Phi) is 6.13. The number of amides is 2. The molecule has 1 saturated heterocycles. The molecule has 2 aliphatic rings. The van der Waals surface area contributed by atoms with Gasteiger partial charge in [-0.05, 0) is 18.6 Å². The minimum Gasteiger partial charge on any atom is -0.477 e. The summed E-state index contributed by atoms with van der Waals surface area (Å²) < 4.78 is 0.513. The first-order chi connectivity index (χ1) is 12.9. The van der Waals surface area contributed by atoms with Gasteiger partial charge >= 0.3 is 5.97 Å². The molecule has 3 N–H and O–H groups in total. The van der Waals surface area contributed by atoms with Crippen molar-refractivity contribution >= 4 is 47.0 Å². The van der Waals surface area contributed by atoms with Crippen LogP contribution in [-0.2, 0) is 14.4 Å². The van der Waals surface area contributed by atoms with Gasteiger partial charge in [-0.3, -0.25) is 14.5 Å². The lowest BCUT2D eigenvalue weighted by Gasteiger charge is -2.44. The number of aliphatic hydroxyl groups excluding tert-OH is 1. The van der Waals surface area contributed by atoms with E-state index < -0.39 is 18.0 Å². The van der Waals surface area contributed by atoms with Crippen molar-refractivity contribution in [1.29, 1.82) is 0 Å². The average molecular weight is 409 g/mol. The van der Waals surface area contributed by atoms with Crippen LogP contribution in [0.1, 0.15) is 19.8 Å². The maximum Gasteiger partial charge on any atom is 0.354 e. The molecule has 1 fully saturated rings. The van der Waals surface area contributed by atoms with Gasteiger partial charge in [0.15, 0.2) is 5.70 Å². The van der Waals surface area contributed by atoms with Crippen LogP contribution in [0, 0.1) is 5.92 Å². The van der Waals surface area contributed by atoms with E-state index in [1.165, 1.54) is 28.4 Å². The highest BCUT2D eigenvalue weighted by atomic mass is 32.2. The first-order valence-electron chi connectivity index (χ1n) is 8.57. The summed E-state index contributed by atoms with van der Waals surface area (Å²) in [4.78, 5) is 37.1. The Morgan fingerprint density at radius 2 is 2.04 bits per heavy atom. The normalized spacial score (nSPS) is 22.3. The fourth-order valence-corrected chi connectivity index (χ4v) is 5.89. The SMILES string of the molecule is CC[C@H](O)[C@@H]1C(=O)N2C(C(=O)O)=C(SCCC(=O)Nc3ccccc3)S[C@H]12. The molecule has 0 aromatic heterocycles. The second-order valence-electron chi connectivity index (χ2n) is 6.17. The van der Waals surface area contributed by atoms with E-state index in [1.807, 2.05) is 18.2 Å².